The first-order chi connectivity index (χ1) is 9.08. The third-order valence-electron chi connectivity index (χ3n) is 3.44. The van der Waals surface area contributed by atoms with E-state index in [1.165, 1.54) is 19.3 Å². The Balaban J connectivity index is 2.67. The van der Waals surface area contributed by atoms with Crippen molar-refractivity contribution in [3.8, 4) is 5.75 Å². The standard InChI is InChI=1S/C16H25BrO2/c1-4-6-7-13(5-2)11-19-16-10-14(17)8-9-15(16)12(3)18/h8-10,12-13,18H,4-7,11H2,1-3H3/t12-,13?/m1/s1. The Morgan fingerprint density at radius 3 is 2.63 bits per heavy atom. The quantitative estimate of drug-likeness (QED) is 0.719. The van der Waals surface area contributed by atoms with Gasteiger partial charge in [-0.15, -0.1) is 0 Å². The van der Waals surface area contributed by atoms with Crippen LogP contribution in [0.15, 0.2) is 22.7 Å². The number of hydrogen-bond donors (Lipinski definition) is 1. The molecule has 1 rings (SSSR count). The molecule has 2 nitrogen and oxygen atoms in total. The van der Waals surface area contributed by atoms with Crippen LogP contribution in [0, 0.1) is 5.92 Å². The lowest BCUT2D eigenvalue weighted by atomic mass is 10.0. The maximum Gasteiger partial charge on any atom is 0.126 e. The highest BCUT2D eigenvalue weighted by Crippen LogP contribution is 2.29. The summed E-state index contributed by atoms with van der Waals surface area (Å²) in [5.41, 5.74) is 0.855. The van der Waals surface area contributed by atoms with Crippen LogP contribution in [-0.2, 0) is 0 Å². The maximum absolute atomic E-state index is 9.76. The van der Waals surface area contributed by atoms with Crippen molar-refractivity contribution >= 4 is 15.9 Å². The van der Waals surface area contributed by atoms with Gasteiger partial charge in [0.25, 0.3) is 0 Å². The van der Waals surface area contributed by atoms with Gasteiger partial charge in [0.05, 0.1) is 12.7 Å². The van der Waals surface area contributed by atoms with Crippen LogP contribution in [0.3, 0.4) is 0 Å². The molecule has 0 spiro atoms. The fourth-order valence-corrected chi connectivity index (χ4v) is 2.42. The van der Waals surface area contributed by atoms with Gasteiger partial charge >= 0.3 is 0 Å². The Bertz CT molecular complexity index is 377. The first-order valence-electron chi connectivity index (χ1n) is 7.18. The number of aliphatic hydroxyl groups excluding tert-OH is 1. The number of aliphatic hydroxyl groups is 1. The molecule has 0 radical (unpaired) electrons. The molecule has 1 aromatic rings. The zero-order valence-electron chi connectivity index (χ0n) is 12.2. The summed E-state index contributed by atoms with van der Waals surface area (Å²) in [5.74, 6) is 1.39. The summed E-state index contributed by atoms with van der Waals surface area (Å²) in [6.45, 7) is 6.92. The molecule has 19 heavy (non-hydrogen) atoms. The van der Waals surface area contributed by atoms with E-state index in [-0.39, 0.29) is 0 Å². The van der Waals surface area contributed by atoms with E-state index in [2.05, 4.69) is 29.8 Å². The fraction of sp³-hybridized carbons (Fsp3) is 0.625. The first-order valence-corrected chi connectivity index (χ1v) is 7.98. The van der Waals surface area contributed by atoms with Crippen molar-refractivity contribution in [3.63, 3.8) is 0 Å². The second-order valence-corrected chi connectivity index (χ2v) is 6.00. The van der Waals surface area contributed by atoms with E-state index in [1.807, 2.05) is 18.2 Å². The Hall–Kier alpha value is -0.540. The van der Waals surface area contributed by atoms with Gasteiger partial charge in [0.2, 0.25) is 0 Å². The number of unbranched alkanes of at least 4 members (excludes halogenated alkanes) is 1. The summed E-state index contributed by atoms with van der Waals surface area (Å²) in [6.07, 6.45) is 4.33. The SMILES string of the molecule is CCCCC(CC)COc1cc(Br)ccc1[C@@H](C)O. The van der Waals surface area contributed by atoms with Crippen LogP contribution >= 0.6 is 15.9 Å². The molecule has 0 saturated heterocycles. The molecule has 0 amide bonds. The summed E-state index contributed by atoms with van der Waals surface area (Å²) < 4.78 is 6.92. The second kappa shape index (κ2) is 8.60. The van der Waals surface area contributed by atoms with Crippen molar-refractivity contribution in [1.29, 1.82) is 0 Å². The zero-order chi connectivity index (χ0) is 14.3. The molecule has 0 aliphatic carbocycles. The smallest absolute Gasteiger partial charge is 0.126 e. The lowest BCUT2D eigenvalue weighted by Crippen LogP contribution is -2.12. The van der Waals surface area contributed by atoms with Gasteiger partial charge in [0.15, 0.2) is 0 Å². The minimum atomic E-state index is -0.501. The molecule has 1 aromatic carbocycles. The minimum Gasteiger partial charge on any atom is -0.493 e. The Morgan fingerprint density at radius 1 is 1.32 bits per heavy atom. The van der Waals surface area contributed by atoms with E-state index < -0.39 is 6.10 Å². The second-order valence-electron chi connectivity index (χ2n) is 5.09. The van der Waals surface area contributed by atoms with Crippen molar-refractivity contribution in [2.24, 2.45) is 5.92 Å². The topological polar surface area (TPSA) is 29.5 Å². The summed E-state index contributed by atoms with van der Waals surface area (Å²) in [4.78, 5) is 0. The molecule has 108 valence electrons. The van der Waals surface area contributed by atoms with E-state index in [9.17, 15) is 5.11 Å². The molecule has 3 heteroatoms. The van der Waals surface area contributed by atoms with Gasteiger partial charge in [-0.25, -0.2) is 0 Å². The number of benzene rings is 1. The normalized spacial score (nSPS) is 14.2. The van der Waals surface area contributed by atoms with Crippen LogP contribution in [0.1, 0.15) is 58.1 Å². The molecule has 0 aliphatic heterocycles. The van der Waals surface area contributed by atoms with Crippen LogP contribution < -0.4 is 4.74 Å². The van der Waals surface area contributed by atoms with Gasteiger partial charge < -0.3 is 9.84 Å². The number of rotatable bonds is 8. The summed E-state index contributed by atoms with van der Waals surface area (Å²) in [7, 11) is 0. The highest BCUT2D eigenvalue weighted by atomic mass is 79.9. The zero-order valence-corrected chi connectivity index (χ0v) is 13.7. The average molecular weight is 329 g/mol. The van der Waals surface area contributed by atoms with Crippen LogP contribution in [-0.4, -0.2) is 11.7 Å². The van der Waals surface area contributed by atoms with Gasteiger partial charge in [-0.3, -0.25) is 0 Å². The van der Waals surface area contributed by atoms with Crippen molar-refractivity contribution in [3.05, 3.63) is 28.2 Å². The van der Waals surface area contributed by atoms with E-state index in [1.54, 1.807) is 6.92 Å². The van der Waals surface area contributed by atoms with Gasteiger partial charge in [-0.05, 0) is 31.4 Å². The van der Waals surface area contributed by atoms with Gasteiger partial charge in [0.1, 0.15) is 5.75 Å². The van der Waals surface area contributed by atoms with Crippen molar-refractivity contribution in [2.45, 2.75) is 52.6 Å². The third-order valence-corrected chi connectivity index (χ3v) is 3.94. The molecular weight excluding hydrogens is 304 g/mol. The van der Waals surface area contributed by atoms with Gasteiger partial charge in [-0.2, -0.15) is 0 Å². The maximum atomic E-state index is 9.76. The van der Waals surface area contributed by atoms with E-state index in [0.717, 1.165) is 28.8 Å². The molecule has 0 bridgehead atoms. The highest BCUT2D eigenvalue weighted by molar-refractivity contribution is 9.10. The molecule has 0 fully saturated rings. The van der Waals surface area contributed by atoms with Crippen LogP contribution in [0.5, 0.6) is 5.75 Å². The molecule has 1 unspecified atom stereocenters. The molecular formula is C16H25BrO2. The molecule has 0 saturated carbocycles. The molecule has 2 atom stereocenters. The van der Waals surface area contributed by atoms with E-state index in [0.29, 0.717) is 5.92 Å². The molecule has 0 aliphatic rings. The Morgan fingerprint density at radius 2 is 2.05 bits per heavy atom. The molecule has 0 heterocycles. The fourth-order valence-electron chi connectivity index (χ4n) is 2.08. The minimum absolute atomic E-state index is 0.501. The highest BCUT2D eigenvalue weighted by Gasteiger charge is 2.12. The average Bonchev–Trinajstić information content (AvgIpc) is 2.38. The van der Waals surface area contributed by atoms with Gasteiger partial charge in [0, 0.05) is 10.0 Å². The predicted molar refractivity (Wildman–Crippen MR) is 83.6 cm³/mol. The van der Waals surface area contributed by atoms with Gasteiger partial charge in [-0.1, -0.05) is 55.1 Å². The van der Waals surface area contributed by atoms with Crippen LogP contribution in [0.25, 0.3) is 0 Å². The molecule has 1 N–H and O–H groups in total. The lowest BCUT2D eigenvalue weighted by molar-refractivity contribution is 0.183. The van der Waals surface area contributed by atoms with Crippen molar-refractivity contribution < 1.29 is 9.84 Å². The van der Waals surface area contributed by atoms with Crippen LogP contribution in [0.4, 0.5) is 0 Å². The van der Waals surface area contributed by atoms with Crippen molar-refractivity contribution in [1.82, 2.24) is 0 Å². The van der Waals surface area contributed by atoms with Crippen LogP contribution in [0.2, 0.25) is 0 Å². The Labute approximate surface area is 125 Å². The summed E-state index contributed by atoms with van der Waals surface area (Å²) in [5, 5.41) is 9.76. The lowest BCUT2D eigenvalue weighted by Gasteiger charge is -2.18. The number of hydrogen-bond acceptors (Lipinski definition) is 2. The summed E-state index contributed by atoms with van der Waals surface area (Å²) >= 11 is 3.45. The van der Waals surface area contributed by atoms with E-state index in [4.69, 9.17) is 4.74 Å². The number of halogens is 1. The first kappa shape index (κ1) is 16.5. The number of ether oxygens (including phenoxy) is 1. The predicted octanol–water partition coefficient (Wildman–Crippen LogP) is 5.10. The molecule has 0 aromatic heterocycles. The Kier molecular flexibility index (Phi) is 7.47. The summed E-state index contributed by atoms with van der Waals surface area (Å²) in [6, 6.07) is 5.79. The largest absolute Gasteiger partial charge is 0.493 e. The van der Waals surface area contributed by atoms with Crippen molar-refractivity contribution in [2.75, 3.05) is 6.61 Å². The third kappa shape index (κ3) is 5.53. The van der Waals surface area contributed by atoms with E-state index >= 15 is 0 Å². The monoisotopic (exact) mass is 328 g/mol.